The predicted molar refractivity (Wildman–Crippen MR) is 141 cm³/mol. The Morgan fingerprint density at radius 2 is 1.62 bits per heavy atom. The highest BCUT2D eigenvalue weighted by molar-refractivity contribution is 8.76. The number of aromatic nitrogens is 2. The molecule has 1 aromatic heterocycles. The molecular weight excluding hydrogens is 578 g/mol. The second-order valence-corrected chi connectivity index (χ2v) is 10.5. The van der Waals surface area contributed by atoms with Crippen molar-refractivity contribution < 1.29 is 54.3 Å². The molecule has 222 valence electrons. The summed E-state index contributed by atoms with van der Waals surface area (Å²) in [4.78, 5) is 76.8. The first-order chi connectivity index (χ1) is 18.7. The topological polar surface area (TPSA) is 310 Å². The van der Waals surface area contributed by atoms with Crippen LogP contribution in [0.4, 0.5) is 0 Å². The number of carbonyl (C=O) groups is 6. The van der Waals surface area contributed by atoms with Gasteiger partial charge in [-0.3, -0.25) is 28.7 Å². The van der Waals surface area contributed by atoms with Crippen LogP contribution < -0.4 is 22.1 Å². The molecule has 0 fully saturated rings. The predicted octanol–water partition coefficient (Wildman–Crippen LogP) is -2.57. The smallest absolute Gasteiger partial charge is 0.329 e. The van der Waals surface area contributed by atoms with Gasteiger partial charge in [0.15, 0.2) is 6.04 Å². The number of amides is 2. The van der Waals surface area contributed by atoms with Crippen molar-refractivity contribution in [1.29, 1.82) is 0 Å². The summed E-state index contributed by atoms with van der Waals surface area (Å²) in [5.41, 5.74) is 10.4. The van der Waals surface area contributed by atoms with E-state index in [0.717, 1.165) is 32.4 Å². The molecule has 0 saturated carbocycles. The number of carbonyl (C=O) groups excluding carboxylic acids is 2. The highest BCUT2D eigenvalue weighted by Crippen LogP contribution is 2.25. The highest BCUT2D eigenvalue weighted by Gasteiger charge is 2.27. The Bertz CT molecular complexity index is 1140. The van der Waals surface area contributed by atoms with E-state index >= 15 is 0 Å². The molecule has 0 aliphatic heterocycles. The summed E-state index contributed by atoms with van der Waals surface area (Å²) in [6.45, 7) is 0.284. The average Bonchev–Trinajstić information content (AvgIpc) is 3.16. The molecule has 1 heterocycles. The third-order valence-corrected chi connectivity index (χ3v) is 7.23. The van der Waals surface area contributed by atoms with Crippen LogP contribution in [0.3, 0.4) is 0 Å². The van der Waals surface area contributed by atoms with E-state index in [9.17, 15) is 39.0 Å². The van der Waals surface area contributed by atoms with E-state index in [0.29, 0.717) is 0 Å². The SMILES string of the molecule is CC(NC(=O)CN)c1nc(C=N[C@@H](CSSC[C@H](N)C(=O)O)C(=O)O)c(O)n1CC(=O)N[C@@H](CC(=O)O)C(=O)O. The van der Waals surface area contributed by atoms with Crippen molar-refractivity contribution in [3.8, 4) is 5.88 Å². The number of nitrogens with one attached hydrogen (secondary N) is 2. The van der Waals surface area contributed by atoms with Crippen LogP contribution in [0.25, 0.3) is 0 Å². The first-order valence-corrected chi connectivity index (χ1v) is 13.7. The second-order valence-electron chi connectivity index (χ2n) is 7.96. The summed E-state index contributed by atoms with van der Waals surface area (Å²) < 4.78 is 0.894. The van der Waals surface area contributed by atoms with Crippen LogP contribution in [-0.4, -0.2) is 113 Å². The van der Waals surface area contributed by atoms with Crippen molar-refractivity contribution in [2.24, 2.45) is 16.5 Å². The van der Waals surface area contributed by atoms with Gasteiger partial charge in [-0.2, -0.15) is 0 Å². The van der Waals surface area contributed by atoms with Crippen LogP contribution in [0.2, 0.25) is 0 Å². The normalized spacial score (nSPS) is 14.2. The van der Waals surface area contributed by atoms with Gasteiger partial charge in [0.25, 0.3) is 0 Å². The molecule has 11 N–H and O–H groups in total. The lowest BCUT2D eigenvalue weighted by molar-refractivity contribution is -0.147. The third-order valence-electron chi connectivity index (χ3n) is 4.80. The lowest BCUT2D eigenvalue weighted by Gasteiger charge is -2.17. The molecule has 0 bridgehead atoms. The number of hydrogen-bond donors (Lipinski definition) is 9. The number of aliphatic carboxylic acids is 4. The summed E-state index contributed by atoms with van der Waals surface area (Å²) in [7, 11) is 2.03. The van der Waals surface area contributed by atoms with E-state index < -0.39 is 85.2 Å². The number of imidazole rings is 1. The van der Waals surface area contributed by atoms with Crippen LogP contribution in [0, 0.1) is 0 Å². The number of nitrogens with two attached hydrogens (primary N) is 2. The minimum absolute atomic E-state index is 0.00821. The molecule has 40 heavy (non-hydrogen) atoms. The van der Waals surface area contributed by atoms with E-state index in [1.807, 2.05) is 5.32 Å². The van der Waals surface area contributed by atoms with E-state index in [1.54, 1.807) is 0 Å². The van der Waals surface area contributed by atoms with Gasteiger partial charge in [0.1, 0.15) is 30.1 Å². The van der Waals surface area contributed by atoms with E-state index in [1.165, 1.54) is 6.92 Å². The van der Waals surface area contributed by atoms with E-state index in [2.05, 4.69) is 15.3 Å². The van der Waals surface area contributed by atoms with Crippen LogP contribution >= 0.6 is 21.6 Å². The molecule has 1 unspecified atom stereocenters. The van der Waals surface area contributed by atoms with Gasteiger partial charge in [0.2, 0.25) is 17.7 Å². The Balaban J connectivity index is 3.21. The summed E-state index contributed by atoms with van der Waals surface area (Å²) in [5, 5.41) is 51.5. The van der Waals surface area contributed by atoms with Gasteiger partial charge in [0.05, 0.1) is 25.2 Å². The van der Waals surface area contributed by atoms with Crippen molar-refractivity contribution in [3.63, 3.8) is 0 Å². The first-order valence-electron chi connectivity index (χ1n) is 11.2. The molecule has 0 aromatic carbocycles. The van der Waals surface area contributed by atoms with Crippen molar-refractivity contribution in [1.82, 2.24) is 20.2 Å². The molecule has 2 amide bonds. The van der Waals surface area contributed by atoms with Crippen molar-refractivity contribution in [3.05, 3.63) is 11.5 Å². The Kier molecular flexibility index (Phi) is 13.9. The van der Waals surface area contributed by atoms with Gasteiger partial charge >= 0.3 is 23.9 Å². The molecule has 20 heteroatoms. The zero-order chi connectivity index (χ0) is 30.6. The quantitative estimate of drug-likeness (QED) is 0.0470. The van der Waals surface area contributed by atoms with Crippen LogP contribution in [0.1, 0.15) is 30.9 Å². The molecule has 0 aliphatic rings. The molecule has 1 aromatic rings. The van der Waals surface area contributed by atoms with E-state index in [4.69, 9.17) is 26.8 Å². The van der Waals surface area contributed by atoms with Crippen molar-refractivity contribution >= 4 is 63.5 Å². The number of hydrogen-bond acceptors (Lipinski definition) is 13. The minimum atomic E-state index is -1.77. The number of carboxylic acids is 4. The number of rotatable bonds is 18. The zero-order valence-corrected chi connectivity index (χ0v) is 22.6. The van der Waals surface area contributed by atoms with Gasteiger partial charge in [-0.05, 0) is 6.92 Å². The van der Waals surface area contributed by atoms with Crippen LogP contribution in [0.5, 0.6) is 5.88 Å². The summed E-state index contributed by atoms with van der Waals surface area (Å²) >= 11 is 0. The third kappa shape index (κ3) is 11.1. The molecule has 1 rings (SSSR count). The fraction of sp³-hybridized carbons (Fsp3) is 0.500. The molecule has 0 saturated heterocycles. The number of aliphatic imine (C=N–C) groups is 1. The lowest BCUT2D eigenvalue weighted by Crippen LogP contribution is -2.43. The molecule has 0 radical (unpaired) electrons. The summed E-state index contributed by atoms with van der Waals surface area (Å²) in [6, 6.07) is -5.22. The highest BCUT2D eigenvalue weighted by atomic mass is 33.1. The Labute approximate surface area is 234 Å². The standard InChI is InChI=1S/C20H29N7O11S2/c1-8(24-13(28)3-21)16-26-11(4-23-12(20(37)38)7-40-39-6-9(22)18(33)34)17(32)27(16)5-14(29)25-10(19(35)36)2-15(30)31/h4,8-10,12,32H,2-3,5-7,21-22H2,1H3,(H,24,28)(H,25,29)(H,30,31)(H,33,34)(H,35,36)(H,37,38)/t8?,9-,10-,12-/m0/s1. The molecule has 4 atom stereocenters. The summed E-state index contributed by atoms with van der Waals surface area (Å²) in [5.74, 6) is -8.17. The molecule has 0 aliphatic carbocycles. The molecular formula is C20H29N7O11S2. The number of aromatic hydroxyl groups is 1. The van der Waals surface area contributed by atoms with Gasteiger partial charge in [-0.25, -0.2) is 14.6 Å². The van der Waals surface area contributed by atoms with Gasteiger partial charge < -0.3 is 47.6 Å². The monoisotopic (exact) mass is 607 g/mol. The number of carboxylic acid groups (broad SMARTS) is 4. The maximum Gasteiger partial charge on any atom is 0.329 e. The second kappa shape index (κ2) is 16.3. The fourth-order valence-corrected chi connectivity index (χ4v) is 5.06. The van der Waals surface area contributed by atoms with Crippen LogP contribution in [0.15, 0.2) is 4.99 Å². The largest absolute Gasteiger partial charge is 0.493 e. The van der Waals surface area contributed by atoms with Gasteiger partial charge in [-0.1, -0.05) is 21.6 Å². The van der Waals surface area contributed by atoms with Crippen molar-refractivity contribution in [2.75, 3.05) is 18.1 Å². The number of nitrogens with zero attached hydrogens (tertiary/aromatic N) is 3. The maximum absolute atomic E-state index is 12.5. The Hall–Kier alpha value is -3.88. The molecule has 0 spiro atoms. The zero-order valence-electron chi connectivity index (χ0n) is 20.9. The Morgan fingerprint density at radius 3 is 2.15 bits per heavy atom. The van der Waals surface area contributed by atoms with E-state index in [-0.39, 0.29) is 23.0 Å². The van der Waals surface area contributed by atoms with Gasteiger partial charge in [0, 0.05) is 11.5 Å². The Morgan fingerprint density at radius 1 is 1.00 bits per heavy atom. The average molecular weight is 608 g/mol. The van der Waals surface area contributed by atoms with Crippen LogP contribution in [-0.2, 0) is 35.3 Å². The first kappa shape index (κ1) is 34.1. The molecule has 18 nitrogen and oxygen atoms in total. The van der Waals surface area contributed by atoms with Gasteiger partial charge in [-0.15, -0.1) is 0 Å². The summed E-state index contributed by atoms with van der Waals surface area (Å²) in [6.07, 6.45) is 0.00200. The fourth-order valence-electron chi connectivity index (χ4n) is 2.82. The lowest BCUT2D eigenvalue weighted by atomic mass is 10.2. The maximum atomic E-state index is 12.5. The van der Waals surface area contributed by atoms with Crippen molar-refractivity contribution in [2.45, 2.75) is 44.1 Å². The minimum Gasteiger partial charge on any atom is -0.493 e.